The standard InChI is InChI=1S/C19H33N7O8/c1-3-8(2)15(26-16(30)9(20)6-13(22)28)18(32)24-10(4-5-12(21)27)17(31)25-11(19(33)34)7-14(23)29/h8-11,15H,3-7,20H2,1-2H3,(H2,21,27)(H2,22,28)(H2,23,29)(H,24,32)(H,25,31)(H,26,30)(H,33,34). The first-order valence-corrected chi connectivity index (χ1v) is 10.4. The molecule has 0 aromatic rings. The summed E-state index contributed by atoms with van der Waals surface area (Å²) in [5, 5.41) is 16.0. The molecular weight excluding hydrogens is 454 g/mol. The Balaban J connectivity index is 5.66. The summed E-state index contributed by atoms with van der Waals surface area (Å²) in [6, 6.07) is -5.61. The molecule has 0 spiro atoms. The lowest BCUT2D eigenvalue weighted by Gasteiger charge is -2.27. The number of rotatable bonds is 16. The molecule has 15 heteroatoms. The molecular formula is C19H33N7O8. The van der Waals surface area contributed by atoms with E-state index < -0.39 is 84.3 Å². The van der Waals surface area contributed by atoms with E-state index in [1.54, 1.807) is 13.8 Å². The Morgan fingerprint density at radius 3 is 1.74 bits per heavy atom. The Hall–Kier alpha value is -3.75. The molecule has 15 nitrogen and oxygen atoms in total. The van der Waals surface area contributed by atoms with E-state index in [9.17, 15) is 38.7 Å². The normalized spacial score (nSPS) is 15.0. The van der Waals surface area contributed by atoms with Crippen LogP contribution in [-0.2, 0) is 33.6 Å². The van der Waals surface area contributed by atoms with E-state index in [0.29, 0.717) is 6.42 Å². The quantitative estimate of drug-likeness (QED) is 0.105. The zero-order chi connectivity index (χ0) is 26.6. The first kappa shape index (κ1) is 30.2. The molecule has 5 unspecified atom stereocenters. The van der Waals surface area contributed by atoms with Crippen molar-refractivity contribution < 1.29 is 38.7 Å². The highest BCUT2D eigenvalue weighted by Crippen LogP contribution is 2.10. The third kappa shape index (κ3) is 11.2. The Bertz CT molecular complexity index is 804. The van der Waals surface area contributed by atoms with Crippen LogP contribution in [0, 0.1) is 5.92 Å². The van der Waals surface area contributed by atoms with Gasteiger partial charge in [-0.2, -0.15) is 0 Å². The second-order valence-corrected chi connectivity index (χ2v) is 7.78. The third-order valence-electron chi connectivity index (χ3n) is 4.88. The van der Waals surface area contributed by atoms with Crippen molar-refractivity contribution in [1.29, 1.82) is 0 Å². The van der Waals surface area contributed by atoms with Gasteiger partial charge >= 0.3 is 5.97 Å². The maximum atomic E-state index is 12.9. The van der Waals surface area contributed by atoms with Crippen molar-refractivity contribution in [3.05, 3.63) is 0 Å². The van der Waals surface area contributed by atoms with Crippen LogP contribution in [0.15, 0.2) is 0 Å². The molecule has 0 saturated heterocycles. The maximum Gasteiger partial charge on any atom is 0.326 e. The molecule has 0 fully saturated rings. The van der Waals surface area contributed by atoms with Crippen molar-refractivity contribution >= 4 is 41.4 Å². The van der Waals surface area contributed by atoms with Crippen molar-refractivity contribution in [2.24, 2.45) is 28.9 Å². The van der Waals surface area contributed by atoms with Gasteiger partial charge < -0.3 is 44.0 Å². The Kier molecular flexibility index (Phi) is 12.8. The number of carboxylic acids is 1. The highest BCUT2D eigenvalue weighted by atomic mass is 16.4. The molecule has 12 N–H and O–H groups in total. The number of primary amides is 3. The number of hydrogen-bond acceptors (Lipinski definition) is 8. The van der Waals surface area contributed by atoms with Crippen LogP contribution in [0.25, 0.3) is 0 Å². The minimum atomic E-state index is -1.67. The highest BCUT2D eigenvalue weighted by Gasteiger charge is 2.33. The van der Waals surface area contributed by atoms with Crippen molar-refractivity contribution in [3.8, 4) is 0 Å². The number of amides is 6. The average molecular weight is 488 g/mol. The van der Waals surface area contributed by atoms with Crippen molar-refractivity contribution in [1.82, 2.24) is 16.0 Å². The largest absolute Gasteiger partial charge is 0.480 e. The van der Waals surface area contributed by atoms with E-state index in [2.05, 4.69) is 16.0 Å². The van der Waals surface area contributed by atoms with E-state index in [-0.39, 0.29) is 12.8 Å². The van der Waals surface area contributed by atoms with Gasteiger partial charge in [-0.15, -0.1) is 0 Å². The van der Waals surface area contributed by atoms with Gasteiger partial charge in [0, 0.05) is 6.42 Å². The molecule has 6 amide bonds. The van der Waals surface area contributed by atoms with Gasteiger partial charge in [0.1, 0.15) is 18.1 Å². The van der Waals surface area contributed by atoms with Gasteiger partial charge in [0.25, 0.3) is 0 Å². The summed E-state index contributed by atoms with van der Waals surface area (Å²) in [6.45, 7) is 3.37. The predicted molar refractivity (Wildman–Crippen MR) is 117 cm³/mol. The number of nitrogens with one attached hydrogen (secondary N) is 3. The van der Waals surface area contributed by atoms with Crippen LogP contribution in [0.5, 0.6) is 0 Å². The van der Waals surface area contributed by atoms with Crippen molar-refractivity contribution in [3.63, 3.8) is 0 Å². The Morgan fingerprint density at radius 2 is 1.29 bits per heavy atom. The lowest BCUT2D eigenvalue weighted by molar-refractivity contribution is -0.144. The van der Waals surface area contributed by atoms with E-state index >= 15 is 0 Å². The number of carbonyl (C=O) groups excluding carboxylic acids is 6. The molecule has 5 atom stereocenters. The van der Waals surface area contributed by atoms with E-state index in [4.69, 9.17) is 22.9 Å². The van der Waals surface area contributed by atoms with Crippen LogP contribution < -0.4 is 38.9 Å². The van der Waals surface area contributed by atoms with Gasteiger partial charge in [-0.05, 0) is 12.3 Å². The third-order valence-corrected chi connectivity index (χ3v) is 4.88. The van der Waals surface area contributed by atoms with E-state index in [0.717, 1.165) is 0 Å². The molecule has 0 aliphatic carbocycles. The van der Waals surface area contributed by atoms with Gasteiger partial charge in [0.2, 0.25) is 35.4 Å². The van der Waals surface area contributed by atoms with Crippen LogP contribution in [0.2, 0.25) is 0 Å². The topological polar surface area (TPSA) is 280 Å². The minimum Gasteiger partial charge on any atom is -0.480 e. The summed E-state index contributed by atoms with van der Waals surface area (Å²) >= 11 is 0. The SMILES string of the molecule is CCC(C)C(NC(=O)C(N)CC(N)=O)C(=O)NC(CCC(N)=O)C(=O)NC(CC(N)=O)C(=O)O. The van der Waals surface area contributed by atoms with Gasteiger partial charge in [-0.1, -0.05) is 20.3 Å². The highest BCUT2D eigenvalue weighted by molar-refractivity contribution is 5.95. The molecule has 0 bridgehead atoms. The van der Waals surface area contributed by atoms with Gasteiger partial charge in [-0.3, -0.25) is 28.8 Å². The summed E-state index contributed by atoms with van der Waals surface area (Å²) in [6.07, 6.45) is -1.38. The molecule has 0 saturated carbocycles. The summed E-state index contributed by atoms with van der Waals surface area (Å²) in [5.41, 5.74) is 20.7. The summed E-state index contributed by atoms with van der Waals surface area (Å²) < 4.78 is 0. The minimum absolute atomic E-state index is 0.293. The van der Waals surface area contributed by atoms with Crippen molar-refractivity contribution in [2.45, 2.75) is 70.1 Å². The number of aliphatic carboxylic acids is 1. The fourth-order valence-electron chi connectivity index (χ4n) is 2.76. The first-order chi connectivity index (χ1) is 15.7. The second kappa shape index (κ2) is 14.4. The second-order valence-electron chi connectivity index (χ2n) is 7.78. The molecule has 34 heavy (non-hydrogen) atoms. The number of carboxylic acid groups (broad SMARTS) is 1. The maximum absolute atomic E-state index is 12.9. The molecule has 0 rings (SSSR count). The zero-order valence-electron chi connectivity index (χ0n) is 19.0. The van der Waals surface area contributed by atoms with Gasteiger partial charge in [-0.25, -0.2) is 4.79 Å². The Labute approximate surface area is 195 Å². The van der Waals surface area contributed by atoms with Crippen LogP contribution in [0.1, 0.15) is 46.0 Å². The predicted octanol–water partition coefficient (Wildman–Crippen LogP) is -4.08. The lowest BCUT2D eigenvalue weighted by Crippen LogP contribution is -2.59. The molecule has 192 valence electrons. The first-order valence-electron chi connectivity index (χ1n) is 10.4. The van der Waals surface area contributed by atoms with Crippen molar-refractivity contribution in [2.75, 3.05) is 0 Å². The van der Waals surface area contributed by atoms with Crippen LogP contribution in [-0.4, -0.2) is 70.7 Å². The van der Waals surface area contributed by atoms with Gasteiger partial charge in [0.05, 0.1) is 18.9 Å². The van der Waals surface area contributed by atoms with Crippen LogP contribution in [0.3, 0.4) is 0 Å². The molecule has 0 aliphatic heterocycles. The van der Waals surface area contributed by atoms with Gasteiger partial charge in [0.15, 0.2) is 0 Å². The van der Waals surface area contributed by atoms with Crippen LogP contribution in [0.4, 0.5) is 0 Å². The molecule has 0 radical (unpaired) electrons. The number of carbonyl (C=O) groups is 7. The lowest BCUT2D eigenvalue weighted by atomic mass is 9.97. The fraction of sp³-hybridized carbons (Fsp3) is 0.632. The summed E-state index contributed by atoms with van der Waals surface area (Å²) in [5.74, 6) is -7.26. The molecule has 0 aromatic heterocycles. The Morgan fingerprint density at radius 1 is 0.765 bits per heavy atom. The zero-order valence-corrected chi connectivity index (χ0v) is 19.0. The molecule has 0 aromatic carbocycles. The summed E-state index contributed by atoms with van der Waals surface area (Å²) in [7, 11) is 0. The summed E-state index contributed by atoms with van der Waals surface area (Å²) in [4.78, 5) is 82.5. The van der Waals surface area contributed by atoms with Crippen LogP contribution >= 0.6 is 0 Å². The smallest absolute Gasteiger partial charge is 0.326 e. The number of hydrogen-bond donors (Lipinski definition) is 8. The number of nitrogens with two attached hydrogens (primary N) is 4. The fourth-order valence-corrected chi connectivity index (χ4v) is 2.76. The average Bonchev–Trinajstić information content (AvgIpc) is 2.72. The van der Waals surface area contributed by atoms with E-state index in [1.807, 2.05) is 0 Å². The monoisotopic (exact) mass is 487 g/mol. The van der Waals surface area contributed by atoms with E-state index in [1.165, 1.54) is 0 Å². The molecule has 0 aliphatic rings. The molecule has 0 heterocycles.